The molecule has 0 bridgehead atoms. The summed E-state index contributed by atoms with van der Waals surface area (Å²) in [5.74, 6) is 0.783. The van der Waals surface area contributed by atoms with Crippen LogP contribution < -0.4 is 0 Å². The van der Waals surface area contributed by atoms with Gasteiger partial charge < -0.3 is 9.64 Å². The van der Waals surface area contributed by atoms with Crippen molar-refractivity contribution in [3.05, 3.63) is 0 Å². The summed E-state index contributed by atoms with van der Waals surface area (Å²) >= 11 is 0. The molecule has 1 saturated heterocycles. The standard InChI is InChI=1S/C16H27NO2/c1-19-14-7-8-16(14)9-11-17(12-10-16)15(18)13-5-3-2-4-6-13/h13-14H,2-12H2,1H3. The Morgan fingerprint density at radius 3 is 2.26 bits per heavy atom. The fourth-order valence-electron chi connectivity index (χ4n) is 4.39. The summed E-state index contributed by atoms with van der Waals surface area (Å²) in [4.78, 5) is 14.7. The Morgan fingerprint density at radius 1 is 1.05 bits per heavy atom. The van der Waals surface area contributed by atoms with Crippen LogP contribution in [0.25, 0.3) is 0 Å². The number of methoxy groups -OCH3 is 1. The molecule has 3 aliphatic rings. The van der Waals surface area contributed by atoms with E-state index in [-0.39, 0.29) is 0 Å². The second kappa shape index (κ2) is 5.43. The Balaban J connectivity index is 1.53. The molecular weight excluding hydrogens is 238 g/mol. The number of nitrogens with zero attached hydrogens (tertiary/aromatic N) is 1. The van der Waals surface area contributed by atoms with Crippen LogP contribution in [-0.2, 0) is 9.53 Å². The first kappa shape index (κ1) is 13.4. The molecule has 1 spiro atoms. The lowest BCUT2D eigenvalue weighted by Gasteiger charge is -2.53. The third-order valence-corrected chi connectivity index (χ3v) is 5.90. The minimum absolute atomic E-state index is 0.336. The van der Waals surface area contributed by atoms with Crippen LogP contribution in [0.5, 0.6) is 0 Å². The molecule has 19 heavy (non-hydrogen) atoms. The molecular formula is C16H27NO2. The van der Waals surface area contributed by atoms with Gasteiger partial charge in [-0.2, -0.15) is 0 Å². The fraction of sp³-hybridized carbons (Fsp3) is 0.938. The first-order chi connectivity index (χ1) is 9.25. The smallest absolute Gasteiger partial charge is 0.225 e. The molecule has 0 radical (unpaired) electrons. The number of carbonyl (C=O) groups is 1. The van der Waals surface area contributed by atoms with E-state index in [0.29, 0.717) is 23.3 Å². The zero-order chi connectivity index (χ0) is 13.3. The lowest BCUT2D eigenvalue weighted by molar-refractivity contribution is -0.149. The third kappa shape index (κ3) is 2.42. The maximum atomic E-state index is 12.5. The van der Waals surface area contributed by atoms with Crippen LogP contribution in [-0.4, -0.2) is 37.1 Å². The minimum Gasteiger partial charge on any atom is -0.381 e. The molecule has 0 aromatic heterocycles. The molecule has 3 fully saturated rings. The summed E-state index contributed by atoms with van der Waals surface area (Å²) < 4.78 is 5.59. The highest BCUT2D eigenvalue weighted by atomic mass is 16.5. The summed E-state index contributed by atoms with van der Waals surface area (Å²) in [6.07, 6.45) is 11.4. The molecule has 3 rings (SSSR count). The van der Waals surface area contributed by atoms with Gasteiger partial charge in [-0.25, -0.2) is 0 Å². The summed E-state index contributed by atoms with van der Waals surface area (Å²) in [5, 5.41) is 0. The van der Waals surface area contributed by atoms with E-state index < -0.39 is 0 Å². The molecule has 108 valence electrons. The molecule has 1 aliphatic heterocycles. The Hall–Kier alpha value is -0.570. The van der Waals surface area contributed by atoms with Crippen molar-refractivity contribution in [2.75, 3.05) is 20.2 Å². The normalized spacial score (nSPS) is 31.2. The van der Waals surface area contributed by atoms with Crippen molar-refractivity contribution in [2.45, 2.75) is 63.9 Å². The topological polar surface area (TPSA) is 29.5 Å². The van der Waals surface area contributed by atoms with Crippen LogP contribution in [0.4, 0.5) is 0 Å². The van der Waals surface area contributed by atoms with E-state index in [4.69, 9.17) is 4.74 Å². The predicted molar refractivity (Wildman–Crippen MR) is 74.9 cm³/mol. The van der Waals surface area contributed by atoms with Gasteiger partial charge in [-0.15, -0.1) is 0 Å². The summed E-state index contributed by atoms with van der Waals surface area (Å²) in [6, 6.07) is 0. The van der Waals surface area contributed by atoms with Crippen LogP contribution in [0.2, 0.25) is 0 Å². The zero-order valence-corrected chi connectivity index (χ0v) is 12.2. The quantitative estimate of drug-likeness (QED) is 0.768. The third-order valence-electron chi connectivity index (χ3n) is 5.90. The largest absolute Gasteiger partial charge is 0.381 e. The Morgan fingerprint density at radius 2 is 1.74 bits per heavy atom. The highest BCUT2D eigenvalue weighted by Crippen LogP contribution is 2.50. The number of hydrogen-bond acceptors (Lipinski definition) is 2. The van der Waals surface area contributed by atoms with E-state index in [9.17, 15) is 4.79 Å². The molecule has 1 atom stereocenters. The van der Waals surface area contributed by atoms with Crippen LogP contribution in [0.15, 0.2) is 0 Å². The van der Waals surface area contributed by atoms with E-state index in [1.165, 1.54) is 32.1 Å². The van der Waals surface area contributed by atoms with Crippen molar-refractivity contribution >= 4 is 5.91 Å². The van der Waals surface area contributed by atoms with Gasteiger partial charge in [0.15, 0.2) is 0 Å². The summed E-state index contributed by atoms with van der Waals surface area (Å²) in [5.41, 5.74) is 0.415. The number of rotatable bonds is 2. The SMILES string of the molecule is COC1CCC12CCN(C(=O)C1CCCCC1)CC2. The van der Waals surface area contributed by atoms with Crippen molar-refractivity contribution in [3.63, 3.8) is 0 Å². The van der Waals surface area contributed by atoms with Gasteiger partial charge in [-0.1, -0.05) is 19.3 Å². The number of likely N-dealkylation sites (tertiary alicyclic amines) is 1. The monoisotopic (exact) mass is 265 g/mol. The van der Waals surface area contributed by atoms with Crippen LogP contribution in [0, 0.1) is 11.3 Å². The van der Waals surface area contributed by atoms with Crippen molar-refractivity contribution in [2.24, 2.45) is 11.3 Å². The maximum Gasteiger partial charge on any atom is 0.225 e. The number of carbonyl (C=O) groups excluding carboxylic acids is 1. The van der Waals surface area contributed by atoms with Gasteiger partial charge in [0.1, 0.15) is 0 Å². The summed E-state index contributed by atoms with van der Waals surface area (Å²) in [7, 11) is 1.84. The molecule has 0 N–H and O–H groups in total. The van der Waals surface area contributed by atoms with Gasteiger partial charge in [-0.05, 0) is 38.5 Å². The lowest BCUT2D eigenvalue weighted by atomic mass is 9.60. The van der Waals surface area contributed by atoms with E-state index in [2.05, 4.69) is 4.90 Å². The predicted octanol–water partition coefficient (Wildman–Crippen LogP) is 2.98. The highest BCUT2D eigenvalue weighted by molar-refractivity contribution is 5.79. The fourth-order valence-corrected chi connectivity index (χ4v) is 4.39. The van der Waals surface area contributed by atoms with E-state index in [1.807, 2.05) is 7.11 Å². The van der Waals surface area contributed by atoms with Crippen LogP contribution in [0.3, 0.4) is 0 Å². The van der Waals surface area contributed by atoms with Crippen molar-refractivity contribution in [1.82, 2.24) is 4.90 Å². The number of hydrogen-bond donors (Lipinski definition) is 0. The first-order valence-corrected chi connectivity index (χ1v) is 8.07. The molecule has 0 aromatic carbocycles. The summed E-state index contributed by atoms with van der Waals surface area (Å²) in [6.45, 7) is 1.93. The zero-order valence-electron chi connectivity index (χ0n) is 12.2. The number of piperidine rings is 1. The van der Waals surface area contributed by atoms with Gasteiger partial charge in [0.25, 0.3) is 0 Å². The van der Waals surface area contributed by atoms with Gasteiger partial charge >= 0.3 is 0 Å². The molecule has 3 heteroatoms. The van der Waals surface area contributed by atoms with Crippen molar-refractivity contribution in [1.29, 1.82) is 0 Å². The first-order valence-electron chi connectivity index (χ1n) is 8.07. The van der Waals surface area contributed by atoms with Crippen LogP contribution >= 0.6 is 0 Å². The average Bonchev–Trinajstić information content (AvgIpc) is 2.47. The van der Waals surface area contributed by atoms with Crippen molar-refractivity contribution in [3.8, 4) is 0 Å². The van der Waals surface area contributed by atoms with E-state index in [0.717, 1.165) is 38.8 Å². The second-order valence-electron chi connectivity index (χ2n) is 6.79. The minimum atomic E-state index is 0.336. The van der Waals surface area contributed by atoms with E-state index >= 15 is 0 Å². The Kier molecular flexibility index (Phi) is 3.84. The molecule has 0 aromatic rings. The lowest BCUT2D eigenvalue weighted by Crippen LogP contribution is -2.54. The highest BCUT2D eigenvalue weighted by Gasteiger charge is 2.49. The van der Waals surface area contributed by atoms with Gasteiger partial charge in [0.2, 0.25) is 5.91 Å². The molecule has 2 saturated carbocycles. The molecule has 1 amide bonds. The number of amides is 1. The van der Waals surface area contributed by atoms with E-state index in [1.54, 1.807) is 0 Å². The Labute approximate surface area is 116 Å². The van der Waals surface area contributed by atoms with Crippen LogP contribution in [0.1, 0.15) is 57.8 Å². The second-order valence-corrected chi connectivity index (χ2v) is 6.79. The molecule has 1 heterocycles. The van der Waals surface area contributed by atoms with Crippen molar-refractivity contribution < 1.29 is 9.53 Å². The van der Waals surface area contributed by atoms with Gasteiger partial charge in [0, 0.05) is 31.5 Å². The van der Waals surface area contributed by atoms with Gasteiger partial charge in [-0.3, -0.25) is 4.79 Å². The number of ether oxygens (including phenoxy) is 1. The molecule has 1 unspecified atom stereocenters. The molecule has 2 aliphatic carbocycles. The average molecular weight is 265 g/mol. The maximum absolute atomic E-state index is 12.5. The Bertz CT molecular complexity index is 326. The molecule has 3 nitrogen and oxygen atoms in total. The van der Waals surface area contributed by atoms with Gasteiger partial charge in [0.05, 0.1) is 6.10 Å².